The lowest BCUT2D eigenvalue weighted by molar-refractivity contribution is -0.670. The number of benzene rings is 1. The van der Waals surface area contributed by atoms with Gasteiger partial charge in [-0.1, -0.05) is 12.1 Å². The fourth-order valence-electron chi connectivity index (χ4n) is 2.13. The van der Waals surface area contributed by atoms with Gasteiger partial charge in [-0.15, -0.1) is 0 Å². The van der Waals surface area contributed by atoms with Gasteiger partial charge in [0.2, 0.25) is 6.79 Å². The Morgan fingerprint density at radius 1 is 1.11 bits per heavy atom. The van der Waals surface area contributed by atoms with Crippen molar-refractivity contribution in [3.63, 3.8) is 0 Å². The summed E-state index contributed by atoms with van der Waals surface area (Å²) in [5, 5.41) is 2.27. The molecule has 0 atom stereocenters. The number of quaternary nitrogens is 1. The van der Waals surface area contributed by atoms with Gasteiger partial charge in [0.15, 0.2) is 11.5 Å². The number of aromatic nitrogens is 1. The van der Waals surface area contributed by atoms with Gasteiger partial charge in [0.1, 0.15) is 6.54 Å². The Morgan fingerprint density at radius 3 is 2.95 bits per heavy atom. The largest absolute Gasteiger partial charge is 0.454 e. The van der Waals surface area contributed by atoms with E-state index in [0.29, 0.717) is 6.79 Å². The summed E-state index contributed by atoms with van der Waals surface area (Å²) < 4.78 is 10.7. The Labute approximate surface area is 112 Å². The monoisotopic (exact) mass is 257 g/mol. The Morgan fingerprint density at radius 2 is 2.05 bits per heavy atom. The molecule has 0 saturated carbocycles. The number of fused-ring (bicyclic) bond motifs is 1. The minimum atomic E-state index is 0.338. The second-order valence-corrected chi connectivity index (χ2v) is 4.54. The maximum absolute atomic E-state index is 5.37. The molecular weight excluding hydrogens is 240 g/mol. The first-order valence-corrected chi connectivity index (χ1v) is 6.52. The molecule has 4 nitrogen and oxygen atoms in total. The molecule has 0 unspecified atom stereocenters. The summed E-state index contributed by atoms with van der Waals surface area (Å²) in [5.41, 5.74) is 2.40. The van der Waals surface area contributed by atoms with Crippen molar-refractivity contribution in [2.45, 2.75) is 13.0 Å². The summed E-state index contributed by atoms with van der Waals surface area (Å²) in [5.74, 6) is 1.71. The summed E-state index contributed by atoms with van der Waals surface area (Å²) in [6, 6.07) is 12.2. The van der Waals surface area contributed by atoms with Gasteiger partial charge in [-0.25, -0.2) is 0 Å². The summed E-state index contributed by atoms with van der Waals surface area (Å²) in [6.07, 6.45) is 2.85. The summed E-state index contributed by atoms with van der Waals surface area (Å²) >= 11 is 0. The molecule has 0 amide bonds. The molecule has 2 heterocycles. The smallest absolute Gasteiger partial charge is 0.231 e. The molecule has 19 heavy (non-hydrogen) atoms. The van der Waals surface area contributed by atoms with Crippen molar-refractivity contribution in [1.29, 1.82) is 0 Å². The lowest BCUT2D eigenvalue weighted by atomic mass is 10.1. The Balaban J connectivity index is 1.48. The first kappa shape index (κ1) is 12.0. The summed E-state index contributed by atoms with van der Waals surface area (Å²) in [6.45, 7) is 2.30. The third kappa shape index (κ3) is 3.03. The lowest BCUT2D eigenvalue weighted by Gasteiger charge is -2.03. The van der Waals surface area contributed by atoms with Crippen LogP contribution >= 0.6 is 0 Å². The Hall–Kier alpha value is -2.07. The van der Waals surface area contributed by atoms with Crippen LogP contribution in [0.4, 0.5) is 0 Å². The van der Waals surface area contributed by atoms with Crippen molar-refractivity contribution in [3.8, 4) is 11.5 Å². The maximum atomic E-state index is 5.37. The molecule has 0 bridgehead atoms. The molecule has 1 aromatic carbocycles. The van der Waals surface area contributed by atoms with E-state index in [2.05, 4.69) is 28.5 Å². The molecule has 2 aromatic rings. The fraction of sp³-hybridized carbons (Fsp3) is 0.267. The van der Waals surface area contributed by atoms with Crippen molar-refractivity contribution in [3.05, 3.63) is 53.9 Å². The van der Waals surface area contributed by atoms with Crippen LogP contribution in [0.5, 0.6) is 11.5 Å². The van der Waals surface area contributed by atoms with E-state index in [9.17, 15) is 0 Å². The van der Waals surface area contributed by atoms with Crippen LogP contribution < -0.4 is 14.8 Å². The van der Waals surface area contributed by atoms with Gasteiger partial charge in [-0.2, -0.15) is 0 Å². The molecule has 0 fully saturated rings. The van der Waals surface area contributed by atoms with Crippen LogP contribution in [0.3, 0.4) is 0 Å². The van der Waals surface area contributed by atoms with Gasteiger partial charge < -0.3 is 14.8 Å². The van der Waals surface area contributed by atoms with Gasteiger partial charge in [-0.3, -0.25) is 4.98 Å². The van der Waals surface area contributed by atoms with Crippen LogP contribution in [0.1, 0.15) is 11.3 Å². The van der Waals surface area contributed by atoms with Crippen molar-refractivity contribution in [2.75, 3.05) is 13.3 Å². The van der Waals surface area contributed by atoms with E-state index in [1.54, 1.807) is 0 Å². The second-order valence-electron chi connectivity index (χ2n) is 4.54. The average Bonchev–Trinajstić information content (AvgIpc) is 2.92. The minimum Gasteiger partial charge on any atom is -0.454 e. The number of hydrogen-bond donors (Lipinski definition) is 1. The molecule has 0 aliphatic carbocycles. The number of ether oxygens (including phenoxy) is 2. The van der Waals surface area contributed by atoms with Crippen LogP contribution in [-0.4, -0.2) is 18.3 Å². The zero-order valence-electron chi connectivity index (χ0n) is 10.7. The van der Waals surface area contributed by atoms with Crippen molar-refractivity contribution < 1.29 is 14.8 Å². The van der Waals surface area contributed by atoms with E-state index in [4.69, 9.17) is 9.47 Å². The molecule has 1 aliphatic heterocycles. The van der Waals surface area contributed by atoms with E-state index >= 15 is 0 Å². The highest BCUT2D eigenvalue weighted by Gasteiger charge is 2.13. The predicted molar refractivity (Wildman–Crippen MR) is 71.0 cm³/mol. The van der Waals surface area contributed by atoms with Crippen LogP contribution in [0.25, 0.3) is 0 Å². The predicted octanol–water partition coefficient (Wildman–Crippen LogP) is 1.12. The van der Waals surface area contributed by atoms with Gasteiger partial charge in [-0.05, 0) is 29.8 Å². The zero-order chi connectivity index (χ0) is 12.9. The molecule has 4 heteroatoms. The van der Waals surface area contributed by atoms with Crippen LogP contribution in [0.15, 0.2) is 42.6 Å². The lowest BCUT2D eigenvalue weighted by Crippen LogP contribution is -2.83. The van der Waals surface area contributed by atoms with E-state index in [1.807, 2.05) is 24.4 Å². The molecule has 2 N–H and O–H groups in total. The second kappa shape index (κ2) is 5.71. The van der Waals surface area contributed by atoms with Crippen LogP contribution in [-0.2, 0) is 13.0 Å². The van der Waals surface area contributed by atoms with E-state index in [1.165, 1.54) is 5.56 Å². The van der Waals surface area contributed by atoms with E-state index in [0.717, 1.165) is 36.7 Å². The van der Waals surface area contributed by atoms with Gasteiger partial charge in [0.05, 0.1) is 12.2 Å². The third-order valence-electron chi connectivity index (χ3n) is 3.15. The zero-order valence-corrected chi connectivity index (χ0v) is 10.7. The van der Waals surface area contributed by atoms with Gasteiger partial charge >= 0.3 is 0 Å². The Kier molecular flexibility index (Phi) is 3.61. The minimum absolute atomic E-state index is 0.338. The summed E-state index contributed by atoms with van der Waals surface area (Å²) in [7, 11) is 0. The first-order chi connectivity index (χ1) is 9.42. The first-order valence-electron chi connectivity index (χ1n) is 6.52. The normalized spacial score (nSPS) is 12.6. The molecular formula is C15H17N2O2+. The average molecular weight is 257 g/mol. The standard InChI is InChI=1S/C15H16N2O2/c1-2-7-17-13(3-1)10-16-8-6-12-4-5-14-15(9-12)19-11-18-14/h1-5,7,9,16H,6,8,10-11H2/p+1. The molecule has 1 aromatic heterocycles. The van der Waals surface area contributed by atoms with Crippen LogP contribution in [0.2, 0.25) is 0 Å². The molecule has 0 spiro atoms. The van der Waals surface area contributed by atoms with Gasteiger partial charge in [0.25, 0.3) is 0 Å². The van der Waals surface area contributed by atoms with Crippen molar-refractivity contribution in [1.82, 2.24) is 4.98 Å². The number of nitrogens with zero attached hydrogens (tertiary/aromatic N) is 1. The highest BCUT2D eigenvalue weighted by molar-refractivity contribution is 5.44. The quantitative estimate of drug-likeness (QED) is 0.816. The molecule has 1 aliphatic rings. The topological polar surface area (TPSA) is 48.0 Å². The SMILES string of the molecule is c1ccc(C[NH2+]CCc2ccc3c(c2)OCO3)nc1. The number of hydrogen-bond acceptors (Lipinski definition) is 3. The van der Waals surface area contributed by atoms with Gasteiger partial charge in [0, 0.05) is 12.6 Å². The van der Waals surface area contributed by atoms with Crippen molar-refractivity contribution >= 4 is 0 Å². The van der Waals surface area contributed by atoms with Crippen LogP contribution in [0, 0.1) is 0 Å². The fourth-order valence-corrected chi connectivity index (χ4v) is 2.13. The number of nitrogens with two attached hydrogens (primary N) is 1. The Bertz CT molecular complexity index is 543. The van der Waals surface area contributed by atoms with E-state index < -0.39 is 0 Å². The molecule has 0 saturated heterocycles. The molecule has 98 valence electrons. The highest BCUT2D eigenvalue weighted by Crippen LogP contribution is 2.32. The maximum Gasteiger partial charge on any atom is 0.231 e. The summed E-state index contributed by atoms with van der Waals surface area (Å²) in [4.78, 5) is 4.30. The highest BCUT2D eigenvalue weighted by atomic mass is 16.7. The number of rotatable bonds is 5. The third-order valence-corrected chi connectivity index (χ3v) is 3.15. The van der Waals surface area contributed by atoms with Crippen molar-refractivity contribution in [2.24, 2.45) is 0 Å². The molecule has 0 radical (unpaired) electrons. The number of pyridine rings is 1. The molecule has 3 rings (SSSR count). The van der Waals surface area contributed by atoms with E-state index in [-0.39, 0.29) is 0 Å².